The molecular weight excluding hydrogens is 204 g/mol. The first kappa shape index (κ1) is 10.1. The summed E-state index contributed by atoms with van der Waals surface area (Å²) in [7, 11) is 0. The maximum absolute atomic E-state index is 10.6. The molecule has 0 bridgehead atoms. The van der Waals surface area contributed by atoms with Gasteiger partial charge >= 0.3 is 0 Å². The fraction of sp³-hybridized carbons (Fsp3) is 0.154. The number of aryl methyl sites for hydroxylation is 1. The molecule has 0 atom stereocenters. The van der Waals surface area contributed by atoms with Crippen molar-refractivity contribution in [3.8, 4) is 10.4 Å². The van der Waals surface area contributed by atoms with Gasteiger partial charge in [-0.3, -0.25) is 4.79 Å². The Morgan fingerprint density at radius 3 is 2.80 bits per heavy atom. The molecule has 0 spiro atoms. The van der Waals surface area contributed by atoms with Crippen LogP contribution in [-0.2, 0) is 6.42 Å². The molecule has 2 rings (SSSR count). The highest BCUT2D eigenvalue weighted by Gasteiger charge is 2.02. The van der Waals surface area contributed by atoms with E-state index in [0.717, 1.165) is 22.5 Å². The molecule has 1 aromatic carbocycles. The molecule has 76 valence electrons. The summed E-state index contributed by atoms with van der Waals surface area (Å²) in [6, 6.07) is 12.3. The third kappa shape index (κ3) is 2.16. The van der Waals surface area contributed by atoms with Gasteiger partial charge in [0.05, 0.1) is 4.88 Å². The van der Waals surface area contributed by atoms with Crippen LogP contribution in [0.2, 0.25) is 0 Å². The number of hydrogen-bond acceptors (Lipinski definition) is 2. The number of aldehydes is 1. The normalized spacial score (nSPS) is 10.2. The predicted octanol–water partition coefficient (Wildman–Crippen LogP) is 3.79. The highest BCUT2D eigenvalue weighted by Crippen LogP contribution is 2.27. The molecule has 0 saturated carbocycles. The van der Waals surface area contributed by atoms with Crippen LogP contribution in [0, 0.1) is 0 Å². The molecule has 0 fully saturated rings. The van der Waals surface area contributed by atoms with E-state index in [-0.39, 0.29) is 0 Å². The monoisotopic (exact) mass is 216 g/mol. The van der Waals surface area contributed by atoms with Crippen molar-refractivity contribution in [1.29, 1.82) is 0 Å². The maximum atomic E-state index is 10.6. The molecule has 0 N–H and O–H groups in total. The molecule has 2 heteroatoms. The third-order valence-corrected chi connectivity index (χ3v) is 3.42. The van der Waals surface area contributed by atoms with E-state index < -0.39 is 0 Å². The minimum Gasteiger partial charge on any atom is -0.297 e. The third-order valence-electron chi connectivity index (χ3n) is 2.36. The standard InChI is InChI=1S/C13H12OS/c1-2-10-4-3-5-11(8-10)13-7-6-12(9-14)15-13/h3-9H,2H2,1H3. The molecule has 0 saturated heterocycles. The second-order valence-electron chi connectivity index (χ2n) is 3.37. The second-order valence-corrected chi connectivity index (χ2v) is 4.49. The topological polar surface area (TPSA) is 17.1 Å². The number of benzene rings is 1. The Labute approximate surface area is 93.4 Å². The molecular formula is C13H12OS. The highest BCUT2D eigenvalue weighted by atomic mass is 32.1. The van der Waals surface area contributed by atoms with Crippen molar-refractivity contribution in [1.82, 2.24) is 0 Å². The maximum Gasteiger partial charge on any atom is 0.160 e. The van der Waals surface area contributed by atoms with Crippen LogP contribution < -0.4 is 0 Å². The van der Waals surface area contributed by atoms with Gasteiger partial charge in [0.25, 0.3) is 0 Å². The zero-order valence-corrected chi connectivity index (χ0v) is 9.38. The van der Waals surface area contributed by atoms with Gasteiger partial charge in [-0.2, -0.15) is 0 Å². The number of rotatable bonds is 3. The molecule has 1 nitrogen and oxygen atoms in total. The minimum absolute atomic E-state index is 0.784. The summed E-state index contributed by atoms with van der Waals surface area (Å²) < 4.78 is 0. The number of carbonyl (C=O) groups excluding carboxylic acids is 1. The Bertz CT molecular complexity index is 471. The van der Waals surface area contributed by atoms with Crippen LogP contribution in [0.5, 0.6) is 0 Å². The lowest BCUT2D eigenvalue weighted by molar-refractivity contribution is 0.112. The Morgan fingerprint density at radius 2 is 2.13 bits per heavy atom. The second kappa shape index (κ2) is 4.41. The smallest absolute Gasteiger partial charge is 0.160 e. The quantitative estimate of drug-likeness (QED) is 0.713. The van der Waals surface area contributed by atoms with E-state index in [1.54, 1.807) is 0 Å². The molecule has 0 aliphatic carbocycles. The van der Waals surface area contributed by atoms with Crippen LogP contribution in [0.1, 0.15) is 22.2 Å². The van der Waals surface area contributed by atoms with Gasteiger partial charge in [-0.25, -0.2) is 0 Å². The zero-order chi connectivity index (χ0) is 10.7. The van der Waals surface area contributed by atoms with Gasteiger partial charge in [0.15, 0.2) is 6.29 Å². The van der Waals surface area contributed by atoms with Gasteiger partial charge in [-0.05, 0) is 29.7 Å². The Balaban J connectivity index is 2.39. The van der Waals surface area contributed by atoms with Gasteiger partial charge in [0, 0.05) is 4.88 Å². The van der Waals surface area contributed by atoms with Crippen molar-refractivity contribution in [3.63, 3.8) is 0 Å². The fourth-order valence-corrected chi connectivity index (χ4v) is 2.33. The first-order chi connectivity index (χ1) is 7.33. The van der Waals surface area contributed by atoms with E-state index >= 15 is 0 Å². The van der Waals surface area contributed by atoms with Crippen LogP contribution >= 0.6 is 11.3 Å². The van der Waals surface area contributed by atoms with Crippen LogP contribution in [0.25, 0.3) is 10.4 Å². The van der Waals surface area contributed by atoms with E-state index in [4.69, 9.17) is 0 Å². The van der Waals surface area contributed by atoms with Gasteiger partial charge in [0.1, 0.15) is 0 Å². The molecule has 2 aromatic rings. The molecule has 1 heterocycles. The van der Waals surface area contributed by atoms with E-state index in [1.165, 1.54) is 22.5 Å². The van der Waals surface area contributed by atoms with Crippen molar-refractivity contribution >= 4 is 17.6 Å². The van der Waals surface area contributed by atoms with E-state index in [2.05, 4.69) is 31.2 Å². The summed E-state index contributed by atoms with van der Waals surface area (Å²) in [6.45, 7) is 2.14. The average Bonchev–Trinajstić information content (AvgIpc) is 2.78. The zero-order valence-electron chi connectivity index (χ0n) is 8.57. The largest absolute Gasteiger partial charge is 0.297 e. The lowest BCUT2D eigenvalue weighted by Crippen LogP contribution is -1.79. The first-order valence-electron chi connectivity index (χ1n) is 4.98. The summed E-state index contributed by atoms with van der Waals surface area (Å²) in [5, 5.41) is 0. The van der Waals surface area contributed by atoms with Crippen molar-refractivity contribution in [3.05, 3.63) is 46.8 Å². The van der Waals surface area contributed by atoms with Crippen LogP contribution in [-0.4, -0.2) is 6.29 Å². The lowest BCUT2D eigenvalue weighted by Gasteiger charge is -2.00. The van der Waals surface area contributed by atoms with E-state index in [1.807, 2.05) is 12.1 Å². The summed E-state index contributed by atoms with van der Waals surface area (Å²) in [5.41, 5.74) is 2.53. The van der Waals surface area contributed by atoms with Crippen LogP contribution in [0.4, 0.5) is 0 Å². The van der Waals surface area contributed by atoms with Gasteiger partial charge in [-0.1, -0.05) is 31.2 Å². The van der Waals surface area contributed by atoms with Gasteiger partial charge in [-0.15, -0.1) is 11.3 Å². The number of carbonyl (C=O) groups is 1. The molecule has 0 amide bonds. The summed E-state index contributed by atoms with van der Waals surface area (Å²) in [5.74, 6) is 0. The highest BCUT2D eigenvalue weighted by molar-refractivity contribution is 7.17. The molecule has 0 radical (unpaired) electrons. The fourth-order valence-electron chi connectivity index (χ4n) is 1.52. The van der Waals surface area contributed by atoms with E-state index in [0.29, 0.717) is 0 Å². The molecule has 1 aromatic heterocycles. The Kier molecular flexibility index (Phi) is 2.97. The number of thiophene rings is 1. The number of hydrogen-bond donors (Lipinski definition) is 0. The van der Waals surface area contributed by atoms with Crippen molar-refractivity contribution in [2.24, 2.45) is 0 Å². The van der Waals surface area contributed by atoms with Crippen LogP contribution in [0.15, 0.2) is 36.4 Å². The molecule has 0 aliphatic rings. The predicted molar refractivity (Wildman–Crippen MR) is 64.5 cm³/mol. The van der Waals surface area contributed by atoms with Gasteiger partial charge < -0.3 is 0 Å². The summed E-state index contributed by atoms with van der Waals surface area (Å²) in [6.07, 6.45) is 1.94. The SMILES string of the molecule is CCc1cccc(-c2ccc(C=O)s2)c1. The summed E-state index contributed by atoms with van der Waals surface area (Å²) >= 11 is 1.54. The average molecular weight is 216 g/mol. The Morgan fingerprint density at radius 1 is 1.27 bits per heavy atom. The van der Waals surface area contributed by atoms with Gasteiger partial charge in [0.2, 0.25) is 0 Å². The lowest BCUT2D eigenvalue weighted by atomic mass is 10.1. The van der Waals surface area contributed by atoms with Crippen molar-refractivity contribution in [2.75, 3.05) is 0 Å². The van der Waals surface area contributed by atoms with E-state index in [9.17, 15) is 4.79 Å². The van der Waals surface area contributed by atoms with Crippen molar-refractivity contribution < 1.29 is 4.79 Å². The summed E-state index contributed by atoms with van der Waals surface area (Å²) in [4.78, 5) is 12.5. The first-order valence-corrected chi connectivity index (χ1v) is 5.79. The van der Waals surface area contributed by atoms with Crippen LogP contribution in [0.3, 0.4) is 0 Å². The molecule has 0 unspecified atom stereocenters. The Hall–Kier alpha value is -1.41. The van der Waals surface area contributed by atoms with Crippen molar-refractivity contribution in [2.45, 2.75) is 13.3 Å². The molecule has 15 heavy (non-hydrogen) atoms. The minimum atomic E-state index is 0.784. The molecule has 0 aliphatic heterocycles.